The molecule has 1 aliphatic rings. The summed E-state index contributed by atoms with van der Waals surface area (Å²) in [4.78, 5) is 11.5. The van der Waals surface area contributed by atoms with Crippen LogP contribution in [0.1, 0.15) is 43.9 Å². The lowest BCUT2D eigenvalue weighted by molar-refractivity contribution is 0.686. The molecule has 0 saturated carbocycles. The Bertz CT molecular complexity index is 991. The van der Waals surface area contributed by atoms with Gasteiger partial charge in [0.15, 0.2) is 11.8 Å². The van der Waals surface area contributed by atoms with E-state index in [0.29, 0.717) is 6.54 Å². The first kappa shape index (κ1) is 20.9. The summed E-state index contributed by atoms with van der Waals surface area (Å²) < 4.78 is 0. The average molecular weight is 418 g/mol. The molecule has 2 aromatic carbocycles. The summed E-state index contributed by atoms with van der Waals surface area (Å²) in [6.07, 6.45) is 4.09. The zero-order chi connectivity index (χ0) is 21.5. The molecule has 2 heterocycles. The van der Waals surface area contributed by atoms with Gasteiger partial charge in [0.2, 0.25) is 0 Å². The highest BCUT2D eigenvalue weighted by atomic mass is 15.2. The van der Waals surface area contributed by atoms with Crippen molar-refractivity contribution < 1.29 is 0 Å². The molecule has 1 saturated heterocycles. The molecule has 162 valence electrons. The Morgan fingerprint density at radius 1 is 1.16 bits per heavy atom. The Morgan fingerprint density at radius 2 is 2.00 bits per heavy atom. The summed E-state index contributed by atoms with van der Waals surface area (Å²) in [5, 5.41) is 13.8. The number of aromatic amines is 1. The monoisotopic (exact) mass is 417 g/mol. The van der Waals surface area contributed by atoms with E-state index in [9.17, 15) is 0 Å². The van der Waals surface area contributed by atoms with Crippen molar-refractivity contribution in [3.05, 3.63) is 66.0 Å². The molecule has 0 spiro atoms. The van der Waals surface area contributed by atoms with Gasteiger partial charge >= 0.3 is 0 Å². The number of nitrogens with zero attached hydrogens (tertiary/aromatic N) is 4. The Balaban J connectivity index is 1.44. The molecule has 0 radical (unpaired) electrons. The van der Waals surface area contributed by atoms with E-state index in [-0.39, 0.29) is 6.04 Å². The van der Waals surface area contributed by atoms with Gasteiger partial charge in [-0.1, -0.05) is 30.3 Å². The first-order valence-electron chi connectivity index (χ1n) is 11.1. The van der Waals surface area contributed by atoms with E-state index >= 15 is 0 Å². The summed E-state index contributed by atoms with van der Waals surface area (Å²) >= 11 is 0. The number of aliphatic imine (C=N–C) groups is 1. The molecule has 0 amide bonds. The molecule has 1 unspecified atom stereocenters. The van der Waals surface area contributed by atoms with Crippen molar-refractivity contribution in [1.29, 1.82) is 0 Å². The predicted octanol–water partition coefficient (Wildman–Crippen LogP) is 3.89. The third-order valence-corrected chi connectivity index (χ3v) is 5.57. The molecule has 1 aromatic heterocycles. The van der Waals surface area contributed by atoms with Gasteiger partial charge in [-0.2, -0.15) is 5.10 Å². The van der Waals surface area contributed by atoms with E-state index in [1.165, 1.54) is 30.4 Å². The highest BCUT2D eigenvalue weighted by molar-refractivity contribution is 5.80. The minimum Gasteiger partial charge on any atom is -0.372 e. The second-order valence-electron chi connectivity index (χ2n) is 7.88. The summed E-state index contributed by atoms with van der Waals surface area (Å²) in [6.45, 7) is 7.97. The summed E-state index contributed by atoms with van der Waals surface area (Å²) in [6, 6.07) is 17.2. The maximum atomic E-state index is 4.81. The van der Waals surface area contributed by atoms with Crippen molar-refractivity contribution in [3.63, 3.8) is 0 Å². The molecule has 0 bridgehead atoms. The molecular weight excluding hydrogens is 386 g/mol. The van der Waals surface area contributed by atoms with Gasteiger partial charge in [0.05, 0.1) is 12.6 Å². The Labute approximate surface area is 184 Å². The number of hydrogen-bond donors (Lipinski definition) is 3. The molecule has 3 aromatic rings. The first-order chi connectivity index (χ1) is 15.2. The highest BCUT2D eigenvalue weighted by Crippen LogP contribution is 2.24. The number of guanidine groups is 1. The maximum Gasteiger partial charge on any atom is 0.192 e. The second-order valence-corrected chi connectivity index (χ2v) is 7.88. The van der Waals surface area contributed by atoms with Gasteiger partial charge < -0.3 is 15.5 Å². The van der Waals surface area contributed by atoms with Crippen molar-refractivity contribution in [1.82, 2.24) is 25.8 Å². The predicted molar refractivity (Wildman–Crippen MR) is 126 cm³/mol. The fourth-order valence-corrected chi connectivity index (χ4v) is 3.91. The third-order valence-electron chi connectivity index (χ3n) is 5.57. The van der Waals surface area contributed by atoms with E-state index in [0.717, 1.165) is 42.5 Å². The van der Waals surface area contributed by atoms with Gasteiger partial charge in [-0.3, -0.25) is 5.10 Å². The highest BCUT2D eigenvalue weighted by Gasteiger charge is 2.14. The number of rotatable bonds is 7. The zero-order valence-electron chi connectivity index (χ0n) is 18.3. The van der Waals surface area contributed by atoms with E-state index in [1.54, 1.807) is 0 Å². The summed E-state index contributed by atoms with van der Waals surface area (Å²) in [5.74, 6) is 1.58. The molecule has 7 heteroatoms. The van der Waals surface area contributed by atoms with Crippen LogP contribution in [0.2, 0.25) is 0 Å². The van der Waals surface area contributed by atoms with Crippen LogP contribution >= 0.6 is 0 Å². The second kappa shape index (κ2) is 10.1. The number of nitrogens with one attached hydrogen (secondary N) is 3. The minimum atomic E-state index is 0.154. The lowest BCUT2D eigenvalue weighted by atomic mass is 10.1. The van der Waals surface area contributed by atoms with Gasteiger partial charge in [0, 0.05) is 30.9 Å². The van der Waals surface area contributed by atoms with Crippen molar-refractivity contribution >= 4 is 11.6 Å². The van der Waals surface area contributed by atoms with Crippen LogP contribution in [0.15, 0.2) is 59.9 Å². The molecule has 1 fully saturated rings. The molecule has 1 aliphatic heterocycles. The molecule has 31 heavy (non-hydrogen) atoms. The number of anilines is 1. The van der Waals surface area contributed by atoms with Gasteiger partial charge in [-0.25, -0.2) is 9.98 Å². The Kier molecular flexibility index (Phi) is 6.82. The van der Waals surface area contributed by atoms with Crippen LogP contribution < -0.4 is 15.5 Å². The Morgan fingerprint density at radius 3 is 2.77 bits per heavy atom. The molecule has 0 aliphatic carbocycles. The topological polar surface area (TPSA) is 81.2 Å². The fraction of sp³-hybridized carbons (Fsp3) is 0.375. The quantitative estimate of drug-likeness (QED) is 0.401. The van der Waals surface area contributed by atoms with Crippen molar-refractivity contribution in [2.75, 3.05) is 24.5 Å². The SMILES string of the molecule is CCNC(=NCc1cccc(-c2ncn[nH]2)c1)NC(C)c1cccc(N2CCCC2)c1. The van der Waals surface area contributed by atoms with Gasteiger partial charge in [0.25, 0.3) is 0 Å². The first-order valence-corrected chi connectivity index (χ1v) is 11.1. The summed E-state index contributed by atoms with van der Waals surface area (Å²) in [5.41, 5.74) is 4.71. The van der Waals surface area contributed by atoms with Crippen LogP contribution in [0.25, 0.3) is 11.4 Å². The van der Waals surface area contributed by atoms with Gasteiger partial charge in [-0.05, 0) is 56.0 Å². The van der Waals surface area contributed by atoms with Crippen LogP contribution in [-0.4, -0.2) is 40.8 Å². The normalized spacial score (nSPS) is 15.2. The lowest BCUT2D eigenvalue weighted by Gasteiger charge is -2.22. The van der Waals surface area contributed by atoms with E-state index in [4.69, 9.17) is 4.99 Å². The lowest BCUT2D eigenvalue weighted by Crippen LogP contribution is -2.38. The average Bonchev–Trinajstić information content (AvgIpc) is 3.52. The van der Waals surface area contributed by atoms with E-state index in [2.05, 4.69) is 81.0 Å². The number of benzene rings is 2. The van der Waals surface area contributed by atoms with E-state index in [1.807, 2.05) is 12.1 Å². The number of H-pyrrole nitrogens is 1. The molecule has 3 N–H and O–H groups in total. The molecular formula is C24H31N7. The largest absolute Gasteiger partial charge is 0.372 e. The molecule has 1 atom stereocenters. The maximum absolute atomic E-state index is 4.81. The van der Waals surface area contributed by atoms with Gasteiger partial charge in [0.1, 0.15) is 6.33 Å². The van der Waals surface area contributed by atoms with Crippen LogP contribution in [0.4, 0.5) is 5.69 Å². The van der Waals surface area contributed by atoms with Crippen LogP contribution in [0.5, 0.6) is 0 Å². The molecule has 7 nitrogen and oxygen atoms in total. The Hall–Kier alpha value is -3.35. The third kappa shape index (κ3) is 5.42. The van der Waals surface area contributed by atoms with Crippen molar-refractivity contribution in [2.45, 2.75) is 39.3 Å². The van der Waals surface area contributed by atoms with Crippen LogP contribution in [0, 0.1) is 0 Å². The smallest absolute Gasteiger partial charge is 0.192 e. The standard InChI is InChI=1S/C24H31N7/c1-3-25-24(26-16-19-8-6-10-21(14-19)23-27-17-28-30-23)29-18(2)20-9-7-11-22(15-20)31-12-4-5-13-31/h6-11,14-15,17-18H,3-5,12-13,16H2,1-2H3,(H2,25,26,29)(H,27,28,30). The number of hydrogen-bond acceptors (Lipinski definition) is 4. The summed E-state index contributed by atoms with van der Waals surface area (Å²) in [7, 11) is 0. The van der Waals surface area contributed by atoms with Crippen LogP contribution in [0.3, 0.4) is 0 Å². The fourth-order valence-electron chi connectivity index (χ4n) is 3.91. The molecule has 4 rings (SSSR count). The number of aromatic nitrogens is 3. The van der Waals surface area contributed by atoms with Crippen LogP contribution in [-0.2, 0) is 6.54 Å². The zero-order valence-corrected chi connectivity index (χ0v) is 18.3. The minimum absolute atomic E-state index is 0.154. The van der Waals surface area contributed by atoms with E-state index < -0.39 is 0 Å². The van der Waals surface area contributed by atoms with Crippen molar-refractivity contribution in [2.24, 2.45) is 4.99 Å². The van der Waals surface area contributed by atoms with Crippen molar-refractivity contribution in [3.8, 4) is 11.4 Å². The van der Waals surface area contributed by atoms with Gasteiger partial charge in [-0.15, -0.1) is 0 Å².